The lowest BCUT2D eigenvalue weighted by atomic mass is 9.92. The molecule has 0 saturated carbocycles. The van der Waals surface area contributed by atoms with E-state index in [1.54, 1.807) is 0 Å². The highest BCUT2D eigenvalue weighted by Crippen LogP contribution is 2.24. The molecule has 2 unspecified atom stereocenters. The molecule has 2 atom stereocenters. The van der Waals surface area contributed by atoms with Crippen molar-refractivity contribution in [2.45, 2.75) is 50.8 Å². The third-order valence-corrected chi connectivity index (χ3v) is 5.88. The summed E-state index contributed by atoms with van der Waals surface area (Å²) in [6.45, 7) is 9.93. The lowest BCUT2D eigenvalue weighted by Crippen LogP contribution is -2.43. The van der Waals surface area contributed by atoms with E-state index in [0.717, 1.165) is 17.2 Å². The van der Waals surface area contributed by atoms with Crippen LogP contribution in [0, 0.1) is 5.92 Å². The van der Waals surface area contributed by atoms with E-state index in [1.165, 1.54) is 57.6 Å². The lowest BCUT2D eigenvalue weighted by Gasteiger charge is -2.38. The Morgan fingerprint density at radius 1 is 1.18 bits per heavy atom. The molecule has 0 radical (unpaired) electrons. The fourth-order valence-corrected chi connectivity index (χ4v) is 4.28. The Balaban J connectivity index is 1.63. The number of likely N-dealkylation sites (tertiary alicyclic amines) is 1. The van der Waals surface area contributed by atoms with Crippen LogP contribution >= 0.6 is 11.8 Å². The molecular weight excluding hydrogens is 228 g/mol. The molecule has 100 valence electrons. The predicted molar refractivity (Wildman–Crippen MR) is 77.8 cm³/mol. The minimum atomic E-state index is 0.803. The summed E-state index contributed by atoms with van der Waals surface area (Å²) in [5.74, 6) is 2.23. The molecular formula is C14H28N2S. The van der Waals surface area contributed by atoms with Gasteiger partial charge in [-0.1, -0.05) is 6.92 Å². The topological polar surface area (TPSA) is 15.3 Å². The molecule has 1 N–H and O–H groups in total. The predicted octanol–water partition coefficient (Wildman–Crippen LogP) is 2.59. The van der Waals surface area contributed by atoms with Crippen LogP contribution in [0.2, 0.25) is 0 Å². The maximum atomic E-state index is 3.44. The van der Waals surface area contributed by atoms with E-state index in [2.05, 4.69) is 35.8 Å². The van der Waals surface area contributed by atoms with E-state index in [1.807, 2.05) is 0 Å². The van der Waals surface area contributed by atoms with E-state index in [9.17, 15) is 0 Å². The zero-order valence-electron chi connectivity index (χ0n) is 11.5. The van der Waals surface area contributed by atoms with Crippen LogP contribution in [0.5, 0.6) is 0 Å². The smallest absolute Gasteiger partial charge is 0.00929 e. The first-order valence-electron chi connectivity index (χ1n) is 7.33. The molecule has 2 aliphatic rings. The molecule has 2 fully saturated rings. The van der Waals surface area contributed by atoms with E-state index < -0.39 is 0 Å². The van der Waals surface area contributed by atoms with Crippen molar-refractivity contribution in [3.8, 4) is 0 Å². The third-order valence-electron chi connectivity index (χ3n) is 4.52. The number of hydrogen-bond acceptors (Lipinski definition) is 3. The number of hydrogen-bond donors (Lipinski definition) is 1. The highest BCUT2D eigenvalue weighted by Gasteiger charge is 2.24. The largest absolute Gasteiger partial charge is 0.317 e. The molecule has 0 spiro atoms. The number of nitrogens with one attached hydrogen (secondary N) is 1. The Kier molecular flexibility index (Phi) is 5.64. The summed E-state index contributed by atoms with van der Waals surface area (Å²) in [6.07, 6.45) is 5.58. The van der Waals surface area contributed by atoms with Gasteiger partial charge < -0.3 is 5.32 Å². The van der Waals surface area contributed by atoms with E-state index >= 15 is 0 Å². The van der Waals surface area contributed by atoms with Gasteiger partial charge in [0, 0.05) is 23.6 Å². The highest BCUT2D eigenvalue weighted by molar-refractivity contribution is 7.99. The van der Waals surface area contributed by atoms with Gasteiger partial charge in [-0.3, -0.25) is 4.90 Å². The molecule has 17 heavy (non-hydrogen) atoms. The van der Waals surface area contributed by atoms with Crippen LogP contribution in [0.3, 0.4) is 0 Å². The van der Waals surface area contributed by atoms with Gasteiger partial charge in [0.2, 0.25) is 0 Å². The van der Waals surface area contributed by atoms with Crippen LogP contribution in [0.4, 0.5) is 0 Å². The molecule has 2 saturated heterocycles. The summed E-state index contributed by atoms with van der Waals surface area (Å²) in [6, 6.07) is 0.803. The van der Waals surface area contributed by atoms with Crippen molar-refractivity contribution < 1.29 is 0 Å². The van der Waals surface area contributed by atoms with Crippen LogP contribution < -0.4 is 5.32 Å². The van der Waals surface area contributed by atoms with Gasteiger partial charge in [-0.15, -0.1) is 0 Å². The molecule has 2 nitrogen and oxygen atoms in total. The Hall–Kier alpha value is 0.270. The first kappa shape index (κ1) is 13.7. The Labute approximate surface area is 111 Å². The van der Waals surface area contributed by atoms with Crippen molar-refractivity contribution in [2.75, 3.05) is 31.9 Å². The summed E-state index contributed by atoms with van der Waals surface area (Å²) < 4.78 is 0. The van der Waals surface area contributed by atoms with Crippen LogP contribution in [0.15, 0.2) is 0 Å². The molecule has 0 aromatic carbocycles. The van der Waals surface area contributed by atoms with Gasteiger partial charge in [0.05, 0.1) is 0 Å². The third kappa shape index (κ3) is 4.15. The van der Waals surface area contributed by atoms with Gasteiger partial charge >= 0.3 is 0 Å². The normalized spacial score (nSPS) is 32.8. The Morgan fingerprint density at radius 2 is 1.94 bits per heavy atom. The van der Waals surface area contributed by atoms with Crippen molar-refractivity contribution in [1.82, 2.24) is 10.2 Å². The number of rotatable bonds is 4. The highest BCUT2D eigenvalue weighted by atomic mass is 32.2. The molecule has 2 aliphatic heterocycles. The maximum absolute atomic E-state index is 3.44. The van der Waals surface area contributed by atoms with Gasteiger partial charge in [-0.2, -0.15) is 11.8 Å². The first-order chi connectivity index (χ1) is 8.27. The average molecular weight is 256 g/mol. The van der Waals surface area contributed by atoms with Gasteiger partial charge in [0.15, 0.2) is 0 Å². The Morgan fingerprint density at radius 3 is 2.71 bits per heavy atom. The molecule has 2 heterocycles. The van der Waals surface area contributed by atoms with Crippen molar-refractivity contribution in [3.05, 3.63) is 0 Å². The zero-order chi connectivity index (χ0) is 12.1. The molecule has 0 aromatic heterocycles. The van der Waals surface area contributed by atoms with Crippen molar-refractivity contribution >= 4 is 11.8 Å². The van der Waals surface area contributed by atoms with E-state index in [4.69, 9.17) is 0 Å². The minimum Gasteiger partial charge on any atom is -0.317 e. The molecule has 0 amide bonds. The van der Waals surface area contributed by atoms with Gasteiger partial charge in [-0.25, -0.2) is 0 Å². The Bertz CT molecular complexity index is 216. The number of piperidine rings is 2. The standard InChI is InChI=1S/C14H28N2S/c1-12-4-3-9-16(13(12)2)10-11-17-14-5-7-15-8-6-14/h12-15H,3-11H2,1-2H3. The number of thioether (sulfide) groups is 1. The average Bonchev–Trinajstić information content (AvgIpc) is 2.36. The SMILES string of the molecule is CC1CCCN(CCSC2CCNCC2)C1C. The minimum absolute atomic E-state index is 0.803. The quantitative estimate of drug-likeness (QED) is 0.832. The van der Waals surface area contributed by atoms with E-state index in [-0.39, 0.29) is 0 Å². The van der Waals surface area contributed by atoms with Crippen LogP contribution in [-0.4, -0.2) is 48.1 Å². The summed E-state index contributed by atoms with van der Waals surface area (Å²) in [5.41, 5.74) is 0. The first-order valence-corrected chi connectivity index (χ1v) is 8.38. The van der Waals surface area contributed by atoms with Crippen molar-refractivity contribution in [1.29, 1.82) is 0 Å². The molecule has 0 aromatic rings. The van der Waals surface area contributed by atoms with Crippen molar-refractivity contribution in [3.63, 3.8) is 0 Å². The van der Waals surface area contributed by atoms with Crippen LogP contribution in [0.1, 0.15) is 39.5 Å². The second kappa shape index (κ2) is 7.01. The van der Waals surface area contributed by atoms with E-state index in [0.29, 0.717) is 0 Å². The number of nitrogens with zero attached hydrogens (tertiary/aromatic N) is 1. The van der Waals surface area contributed by atoms with Crippen molar-refractivity contribution in [2.24, 2.45) is 5.92 Å². The lowest BCUT2D eigenvalue weighted by molar-refractivity contribution is 0.122. The fourth-order valence-electron chi connectivity index (χ4n) is 3.04. The van der Waals surface area contributed by atoms with Crippen LogP contribution in [0.25, 0.3) is 0 Å². The molecule has 2 rings (SSSR count). The molecule has 0 bridgehead atoms. The maximum Gasteiger partial charge on any atom is 0.00929 e. The summed E-state index contributed by atoms with van der Waals surface area (Å²) >= 11 is 2.21. The van der Waals surface area contributed by atoms with Gasteiger partial charge in [0.1, 0.15) is 0 Å². The second-order valence-electron chi connectivity index (χ2n) is 5.72. The summed E-state index contributed by atoms with van der Waals surface area (Å²) in [5, 5.41) is 4.37. The fraction of sp³-hybridized carbons (Fsp3) is 1.00. The molecule has 3 heteroatoms. The second-order valence-corrected chi connectivity index (χ2v) is 7.12. The molecule has 0 aliphatic carbocycles. The summed E-state index contributed by atoms with van der Waals surface area (Å²) in [4.78, 5) is 2.71. The monoisotopic (exact) mass is 256 g/mol. The van der Waals surface area contributed by atoms with Gasteiger partial charge in [0.25, 0.3) is 0 Å². The summed E-state index contributed by atoms with van der Waals surface area (Å²) in [7, 11) is 0. The van der Waals surface area contributed by atoms with Crippen LogP contribution in [-0.2, 0) is 0 Å². The van der Waals surface area contributed by atoms with Gasteiger partial charge in [-0.05, 0) is 58.2 Å². The zero-order valence-corrected chi connectivity index (χ0v) is 12.3.